The minimum Gasteiger partial charge on any atom is -0.343 e. The molecule has 2 N–H and O–H groups in total. The second-order valence-corrected chi connectivity index (χ2v) is 5.17. The molecule has 0 atom stereocenters. The van der Waals surface area contributed by atoms with Crippen molar-refractivity contribution in [2.24, 2.45) is 0 Å². The maximum absolute atomic E-state index is 12.2. The van der Waals surface area contributed by atoms with Crippen molar-refractivity contribution in [3.63, 3.8) is 0 Å². The number of fused-ring (bicyclic) bond motifs is 1. The van der Waals surface area contributed by atoms with Crippen LogP contribution in [0.2, 0.25) is 0 Å². The molecule has 3 heterocycles. The molecule has 1 amide bonds. The van der Waals surface area contributed by atoms with Gasteiger partial charge in [-0.15, -0.1) is 11.3 Å². The molecule has 8 heteroatoms. The van der Waals surface area contributed by atoms with E-state index in [1.165, 1.54) is 22.2 Å². The van der Waals surface area contributed by atoms with Gasteiger partial charge in [0.15, 0.2) is 5.13 Å². The fraction of sp³-hybridized carbons (Fsp3) is 0.167. The number of thiazole rings is 1. The lowest BCUT2D eigenvalue weighted by Gasteiger charge is -2.04. The lowest BCUT2D eigenvalue weighted by atomic mass is 10.3. The van der Waals surface area contributed by atoms with Crippen LogP contribution in [-0.4, -0.2) is 25.4 Å². The van der Waals surface area contributed by atoms with Gasteiger partial charge in [0.25, 0.3) is 5.56 Å². The van der Waals surface area contributed by atoms with E-state index in [1.54, 1.807) is 17.6 Å². The van der Waals surface area contributed by atoms with Gasteiger partial charge < -0.3 is 10.3 Å². The fourth-order valence-electron chi connectivity index (χ4n) is 1.89. The van der Waals surface area contributed by atoms with Crippen LogP contribution in [0.5, 0.6) is 0 Å². The van der Waals surface area contributed by atoms with E-state index in [1.807, 2.05) is 6.92 Å². The number of aromatic amines is 1. The summed E-state index contributed by atoms with van der Waals surface area (Å²) in [5, 5.41) is 5.37. The first kappa shape index (κ1) is 12.5. The van der Waals surface area contributed by atoms with Gasteiger partial charge in [-0.2, -0.15) is 0 Å². The number of aryl methyl sites for hydroxylation is 1. The van der Waals surface area contributed by atoms with Crippen molar-refractivity contribution >= 4 is 33.4 Å². The van der Waals surface area contributed by atoms with E-state index in [0.29, 0.717) is 16.2 Å². The Morgan fingerprint density at radius 3 is 3.10 bits per heavy atom. The fourth-order valence-corrected chi connectivity index (χ4v) is 2.43. The Bertz CT molecular complexity index is 818. The third-order valence-electron chi connectivity index (χ3n) is 2.74. The van der Waals surface area contributed by atoms with Gasteiger partial charge in [0.1, 0.15) is 18.5 Å². The Morgan fingerprint density at radius 1 is 1.50 bits per heavy atom. The van der Waals surface area contributed by atoms with Crippen LogP contribution in [0.25, 0.3) is 11.0 Å². The summed E-state index contributed by atoms with van der Waals surface area (Å²) in [5.74, 6) is -0.310. The maximum Gasteiger partial charge on any atom is 0.263 e. The summed E-state index contributed by atoms with van der Waals surface area (Å²) >= 11 is 1.32. The molecule has 0 aliphatic rings. The molecule has 7 nitrogen and oxygen atoms in total. The number of hydrogen-bond donors (Lipinski definition) is 2. The average Bonchev–Trinajstić information content (AvgIpc) is 3.02. The largest absolute Gasteiger partial charge is 0.343 e. The van der Waals surface area contributed by atoms with Crippen molar-refractivity contribution in [1.82, 2.24) is 19.5 Å². The minimum atomic E-state index is -0.310. The van der Waals surface area contributed by atoms with Crippen molar-refractivity contribution in [2.75, 3.05) is 5.32 Å². The highest BCUT2D eigenvalue weighted by Gasteiger charge is 2.10. The number of hydrogen-bond acceptors (Lipinski definition) is 5. The van der Waals surface area contributed by atoms with E-state index < -0.39 is 0 Å². The van der Waals surface area contributed by atoms with Gasteiger partial charge in [0, 0.05) is 17.3 Å². The van der Waals surface area contributed by atoms with Gasteiger partial charge in [0.05, 0.1) is 5.39 Å². The zero-order chi connectivity index (χ0) is 14.1. The molecule has 3 aromatic rings. The summed E-state index contributed by atoms with van der Waals surface area (Å²) in [6.45, 7) is 1.76. The minimum absolute atomic E-state index is 0.0917. The highest BCUT2D eigenvalue weighted by atomic mass is 32.1. The predicted molar refractivity (Wildman–Crippen MR) is 75.8 cm³/mol. The van der Waals surface area contributed by atoms with Gasteiger partial charge in [-0.05, 0) is 13.0 Å². The molecule has 0 bridgehead atoms. The predicted octanol–water partition coefficient (Wildman–Crippen LogP) is 1.13. The zero-order valence-corrected chi connectivity index (χ0v) is 11.4. The monoisotopic (exact) mass is 289 g/mol. The van der Waals surface area contributed by atoms with Crippen molar-refractivity contribution in [1.29, 1.82) is 0 Å². The number of nitrogens with one attached hydrogen (secondary N) is 2. The van der Waals surface area contributed by atoms with Crippen LogP contribution in [0.1, 0.15) is 5.69 Å². The third kappa shape index (κ3) is 2.32. The van der Waals surface area contributed by atoms with Gasteiger partial charge in [-0.25, -0.2) is 9.97 Å². The normalized spacial score (nSPS) is 10.8. The van der Waals surface area contributed by atoms with E-state index in [-0.39, 0.29) is 18.0 Å². The Morgan fingerprint density at radius 2 is 2.35 bits per heavy atom. The molecule has 3 aromatic heterocycles. The van der Waals surface area contributed by atoms with Crippen LogP contribution < -0.4 is 10.9 Å². The molecule has 3 rings (SSSR count). The second kappa shape index (κ2) is 4.89. The first-order chi connectivity index (χ1) is 9.63. The molecular weight excluding hydrogens is 278 g/mol. The number of carbonyl (C=O) groups excluding carboxylic acids is 1. The summed E-state index contributed by atoms with van der Waals surface area (Å²) in [6, 6.07) is 1.72. The van der Waals surface area contributed by atoms with Crippen molar-refractivity contribution < 1.29 is 4.79 Å². The van der Waals surface area contributed by atoms with Gasteiger partial charge in [-0.1, -0.05) is 0 Å². The average molecular weight is 289 g/mol. The highest BCUT2D eigenvalue weighted by Crippen LogP contribution is 2.10. The zero-order valence-electron chi connectivity index (χ0n) is 10.6. The number of carbonyl (C=O) groups is 1. The van der Waals surface area contributed by atoms with Crippen LogP contribution in [0.3, 0.4) is 0 Å². The topological polar surface area (TPSA) is 92.7 Å². The summed E-state index contributed by atoms with van der Waals surface area (Å²) in [6.07, 6.45) is 2.96. The molecule has 0 aliphatic carbocycles. The molecule has 0 saturated carbocycles. The van der Waals surface area contributed by atoms with E-state index in [4.69, 9.17) is 0 Å². The van der Waals surface area contributed by atoms with Crippen LogP contribution in [0, 0.1) is 6.92 Å². The summed E-state index contributed by atoms with van der Waals surface area (Å²) in [4.78, 5) is 35.1. The molecule has 0 aromatic carbocycles. The Labute approximate surface area is 117 Å². The quantitative estimate of drug-likeness (QED) is 0.756. The number of H-pyrrole nitrogens is 1. The molecule has 0 aliphatic heterocycles. The summed E-state index contributed by atoms with van der Waals surface area (Å²) < 4.78 is 1.28. The van der Waals surface area contributed by atoms with Crippen molar-refractivity contribution in [2.45, 2.75) is 13.5 Å². The van der Waals surface area contributed by atoms with E-state index in [2.05, 4.69) is 20.3 Å². The van der Waals surface area contributed by atoms with Crippen LogP contribution in [0.15, 0.2) is 28.8 Å². The lowest BCUT2D eigenvalue weighted by Crippen LogP contribution is -2.27. The van der Waals surface area contributed by atoms with Crippen LogP contribution in [-0.2, 0) is 11.3 Å². The highest BCUT2D eigenvalue weighted by molar-refractivity contribution is 7.13. The van der Waals surface area contributed by atoms with Crippen molar-refractivity contribution in [3.8, 4) is 0 Å². The molecule has 0 fully saturated rings. The van der Waals surface area contributed by atoms with Gasteiger partial charge >= 0.3 is 0 Å². The molecule has 0 unspecified atom stereocenters. The molecular formula is C12H11N5O2S. The Kier molecular flexibility index (Phi) is 3.07. The molecule has 20 heavy (non-hydrogen) atoms. The van der Waals surface area contributed by atoms with Gasteiger partial charge in [-0.3, -0.25) is 14.2 Å². The summed E-state index contributed by atoms with van der Waals surface area (Å²) in [7, 11) is 0. The number of nitrogens with zero attached hydrogens (tertiary/aromatic N) is 3. The SMILES string of the molecule is Cc1cc2c(=O)n(CC(=O)Nc3nccs3)cnc2[nH]1. The molecule has 102 valence electrons. The van der Waals surface area contributed by atoms with Gasteiger partial charge in [0.2, 0.25) is 5.91 Å². The standard InChI is InChI=1S/C12H11N5O2S/c1-7-4-8-10(15-7)14-6-17(11(8)19)5-9(18)16-12-13-2-3-20-12/h2-4,6,15H,5H2,1H3,(H,13,16,18). The molecule has 0 radical (unpaired) electrons. The molecule has 0 spiro atoms. The van der Waals surface area contributed by atoms with E-state index in [9.17, 15) is 9.59 Å². The number of anilines is 1. The Hall–Kier alpha value is -2.48. The van der Waals surface area contributed by atoms with Crippen molar-refractivity contribution in [3.05, 3.63) is 40.0 Å². The van der Waals surface area contributed by atoms with Crippen LogP contribution in [0.4, 0.5) is 5.13 Å². The number of rotatable bonds is 3. The lowest BCUT2D eigenvalue weighted by molar-refractivity contribution is -0.116. The number of amides is 1. The summed E-state index contributed by atoms with van der Waals surface area (Å²) in [5.41, 5.74) is 1.15. The maximum atomic E-state index is 12.2. The Balaban J connectivity index is 1.85. The molecule has 0 saturated heterocycles. The first-order valence-corrected chi connectivity index (χ1v) is 6.75. The second-order valence-electron chi connectivity index (χ2n) is 4.28. The third-order valence-corrected chi connectivity index (χ3v) is 3.43. The van der Waals surface area contributed by atoms with E-state index >= 15 is 0 Å². The first-order valence-electron chi connectivity index (χ1n) is 5.87. The number of aromatic nitrogens is 4. The smallest absolute Gasteiger partial charge is 0.263 e. The van der Waals surface area contributed by atoms with E-state index in [0.717, 1.165) is 5.69 Å². The van der Waals surface area contributed by atoms with Crippen LogP contribution >= 0.6 is 11.3 Å².